The van der Waals surface area contributed by atoms with Gasteiger partial charge >= 0.3 is 0 Å². The van der Waals surface area contributed by atoms with Crippen molar-refractivity contribution in [2.24, 2.45) is 0 Å². The van der Waals surface area contributed by atoms with Crippen LogP contribution in [0.25, 0.3) is 0 Å². The lowest BCUT2D eigenvalue weighted by Gasteiger charge is -1.82. The quantitative estimate of drug-likeness (QED) is 0.640. The Hall–Kier alpha value is -1.57. The Morgan fingerprint density at radius 1 is 0.882 bits per heavy atom. The van der Waals surface area contributed by atoms with Gasteiger partial charge in [0.25, 0.3) is 0 Å². The van der Waals surface area contributed by atoms with Gasteiger partial charge in [0.2, 0.25) is 0 Å². The Morgan fingerprint density at radius 2 is 1.41 bits per heavy atom. The third-order valence-corrected chi connectivity index (χ3v) is 1.50. The lowest BCUT2D eigenvalue weighted by Crippen LogP contribution is -1.62. The SMILES string of the molecule is CC.CC.Cc1ccccc1.Cc1cocn1. The van der Waals surface area contributed by atoms with Crippen LogP contribution in [0.5, 0.6) is 0 Å². The molecule has 0 aliphatic rings. The third kappa shape index (κ3) is 12.4. The van der Waals surface area contributed by atoms with Gasteiger partial charge in [-0.2, -0.15) is 0 Å². The zero-order valence-corrected chi connectivity index (χ0v) is 11.9. The van der Waals surface area contributed by atoms with Crippen LogP contribution in [0.3, 0.4) is 0 Å². The molecule has 1 heterocycles. The highest BCUT2D eigenvalue weighted by Crippen LogP contribution is 1.92. The Bertz CT molecular complexity index is 314. The van der Waals surface area contributed by atoms with Gasteiger partial charge in [0.1, 0.15) is 6.26 Å². The second kappa shape index (κ2) is 14.4. The van der Waals surface area contributed by atoms with E-state index in [1.807, 2.05) is 52.8 Å². The topological polar surface area (TPSA) is 26.0 Å². The fraction of sp³-hybridized carbons (Fsp3) is 0.400. The minimum Gasteiger partial charge on any atom is -0.452 e. The van der Waals surface area contributed by atoms with E-state index in [-0.39, 0.29) is 0 Å². The molecule has 2 aromatic rings. The average molecular weight is 235 g/mol. The number of hydrogen-bond donors (Lipinski definition) is 0. The van der Waals surface area contributed by atoms with Gasteiger partial charge in [-0.3, -0.25) is 0 Å². The summed E-state index contributed by atoms with van der Waals surface area (Å²) in [5, 5.41) is 0. The molecule has 2 rings (SSSR count). The fourth-order valence-electron chi connectivity index (χ4n) is 0.807. The Labute approximate surface area is 106 Å². The molecule has 0 saturated carbocycles. The number of aryl methyl sites for hydroxylation is 2. The standard InChI is InChI=1S/C7H8.C4H5NO.2C2H6/c1-7-5-3-2-4-6-7;1-4-2-6-3-5-4;2*1-2/h2-6H,1H3;2-3H,1H3;2*1-2H3. The molecule has 1 aromatic heterocycles. The minimum atomic E-state index is 0.926. The van der Waals surface area contributed by atoms with Gasteiger partial charge in [0.15, 0.2) is 6.39 Å². The van der Waals surface area contributed by atoms with E-state index in [1.54, 1.807) is 6.26 Å². The lowest BCUT2D eigenvalue weighted by atomic mass is 10.2. The third-order valence-electron chi connectivity index (χ3n) is 1.50. The summed E-state index contributed by atoms with van der Waals surface area (Å²) < 4.78 is 4.60. The van der Waals surface area contributed by atoms with Crippen LogP contribution in [0.2, 0.25) is 0 Å². The number of hydrogen-bond acceptors (Lipinski definition) is 2. The molecule has 0 radical (unpaired) electrons. The van der Waals surface area contributed by atoms with E-state index < -0.39 is 0 Å². The number of aromatic nitrogens is 1. The van der Waals surface area contributed by atoms with Gasteiger partial charge in [0.05, 0.1) is 5.69 Å². The van der Waals surface area contributed by atoms with E-state index in [0.717, 1.165) is 5.69 Å². The first kappa shape index (κ1) is 17.8. The first-order valence-electron chi connectivity index (χ1n) is 6.15. The molecule has 0 aliphatic carbocycles. The van der Waals surface area contributed by atoms with E-state index in [2.05, 4.69) is 28.5 Å². The van der Waals surface area contributed by atoms with E-state index in [1.165, 1.54) is 12.0 Å². The summed E-state index contributed by atoms with van der Waals surface area (Å²) in [6, 6.07) is 10.3. The van der Waals surface area contributed by atoms with Crippen molar-refractivity contribution in [2.45, 2.75) is 41.5 Å². The summed E-state index contributed by atoms with van der Waals surface area (Å²) in [5.74, 6) is 0. The summed E-state index contributed by atoms with van der Waals surface area (Å²) >= 11 is 0. The number of nitrogens with zero attached hydrogens (tertiary/aromatic N) is 1. The number of benzene rings is 1. The fourth-order valence-corrected chi connectivity index (χ4v) is 0.807. The van der Waals surface area contributed by atoms with Crippen LogP contribution >= 0.6 is 0 Å². The molecule has 0 atom stereocenters. The largest absolute Gasteiger partial charge is 0.452 e. The molecule has 0 bridgehead atoms. The van der Waals surface area contributed by atoms with E-state index >= 15 is 0 Å². The second-order valence-electron chi connectivity index (χ2n) is 2.78. The molecule has 0 amide bonds. The molecule has 17 heavy (non-hydrogen) atoms. The molecule has 2 heteroatoms. The predicted octanol–water partition coefficient (Wildman–Crippen LogP) is 5.03. The maximum atomic E-state index is 4.60. The predicted molar refractivity (Wildman–Crippen MR) is 75.1 cm³/mol. The summed E-state index contributed by atoms with van der Waals surface area (Å²) in [4.78, 5) is 3.75. The van der Waals surface area contributed by atoms with Crippen LogP contribution in [-0.4, -0.2) is 4.98 Å². The average Bonchev–Trinajstić information content (AvgIpc) is 2.87. The first-order chi connectivity index (χ1) is 8.29. The Kier molecular flexibility index (Phi) is 15.1. The van der Waals surface area contributed by atoms with Crippen molar-refractivity contribution >= 4 is 0 Å². The van der Waals surface area contributed by atoms with Crippen LogP contribution in [0.15, 0.2) is 47.4 Å². The maximum absolute atomic E-state index is 4.60. The molecule has 2 nitrogen and oxygen atoms in total. The minimum absolute atomic E-state index is 0.926. The molecular formula is C15H25NO. The molecule has 0 saturated heterocycles. The molecule has 0 fully saturated rings. The summed E-state index contributed by atoms with van der Waals surface area (Å²) in [7, 11) is 0. The number of rotatable bonds is 0. The van der Waals surface area contributed by atoms with Crippen molar-refractivity contribution in [1.82, 2.24) is 4.98 Å². The van der Waals surface area contributed by atoms with Crippen molar-refractivity contribution in [3.8, 4) is 0 Å². The monoisotopic (exact) mass is 235 g/mol. The van der Waals surface area contributed by atoms with E-state index in [9.17, 15) is 0 Å². The Balaban J connectivity index is 0. The van der Waals surface area contributed by atoms with Crippen molar-refractivity contribution in [2.75, 3.05) is 0 Å². The van der Waals surface area contributed by atoms with Gasteiger partial charge in [-0.1, -0.05) is 63.6 Å². The van der Waals surface area contributed by atoms with E-state index in [4.69, 9.17) is 0 Å². The lowest BCUT2D eigenvalue weighted by molar-refractivity contribution is 0.557. The zero-order chi connectivity index (χ0) is 13.5. The normalized spacial score (nSPS) is 7.41. The summed E-state index contributed by atoms with van der Waals surface area (Å²) in [5.41, 5.74) is 2.25. The molecule has 1 aromatic carbocycles. The van der Waals surface area contributed by atoms with Gasteiger partial charge in [-0.25, -0.2) is 4.98 Å². The van der Waals surface area contributed by atoms with Crippen LogP contribution in [0.1, 0.15) is 39.0 Å². The van der Waals surface area contributed by atoms with Gasteiger partial charge < -0.3 is 4.42 Å². The zero-order valence-electron chi connectivity index (χ0n) is 11.9. The van der Waals surface area contributed by atoms with Crippen LogP contribution < -0.4 is 0 Å². The molecule has 96 valence electrons. The maximum Gasteiger partial charge on any atom is 0.180 e. The molecule has 0 aliphatic heterocycles. The van der Waals surface area contributed by atoms with Crippen molar-refractivity contribution in [3.63, 3.8) is 0 Å². The molecule has 0 unspecified atom stereocenters. The van der Waals surface area contributed by atoms with Crippen molar-refractivity contribution < 1.29 is 4.42 Å². The first-order valence-corrected chi connectivity index (χ1v) is 6.15. The van der Waals surface area contributed by atoms with Crippen LogP contribution in [0.4, 0.5) is 0 Å². The highest BCUT2D eigenvalue weighted by atomic mass is 16.3. The smallest absolute Gasteiger partial charge is 0.180 e. The second-order valence-corrected chi connectivity index (χ2v) is 2.78. The van der Waals surface area contributed by atoms with Gasteiger partial charge in [-0.15, -0.1) is 0 Å². The molecule has 0 N–H and O–H groups in total. The van der Waals surface area contributed by atoms with Crippen molar-refractivity contribution in [3.05, 3.63) is 54.2 Å². The van der Waals surface area contributed by atoms with Crippen LogP contribution in [0, 0.1) is 13.8 Å². The summed E-state index contributed by atoms with van der Waals surface area (Å²) in [6.07, 6.45) is 3.01. The highest BCUT2D eigenvalue weighted by Gasteiger charge is 1.77. The molecular weight excluding hydrogens is 210 g/mol. The van der Waals surface area contributed by atoms with Crippen LogP contribution in [-0.2, 0) is 0 Å². The summed E-state index contributed by atoms with van der Waals surface area (Å²) in [6.45, 7) is 12.0. The Morgan fingerprint density at radius 3 is 1.59 bits per heavy atom. The van der Waals surface area contributed by atoms with E-state index in [0.29, 0.717) is 0 Å². The van der Waals surface area contributed by atoms with Gasteiger partial charge in [0, 0.05) is 0 Å². The molecule has 0 spiro atoms. The van der Waals surface area contributed by atoms with Gasteiger partial charge in [-0.05, 0) is 13.8 Å². The number of oxazole rings is 1. The van der Waals surface area contributed by atoms with Crippen molar-refractivity contribution in [1.29, 1.82) is 0 Å². The highest BCUT2D eigenvalue weighted by molar-refractivity contribution is 5.11.